The summed E-state index contributed by atoms with van der Waals surface area (Å²) >= 11 is 0. The number of hydrogen-bond acceptors (Lipinski definition) is 4. The van der Waals surface area contributed by atoms with Crippen molar-refractivity contribution < 1.29 is 19.0 Å². The van der Waals surface area contributed by atoms with Crippen LogP contribution in [0.25, 0.3) is 12.2 Å². The van der Waals surface area contributed by atoms with Crippen molar-refractivity contribution >= 4 is 23.7 Å². The minimum atomic E-state index is -0.134. The van der Waals surface area contributed by atoms with Crippen LogP contribution in [0.3, 0.4) is 0 Å². The van der Waals surface area contributed by atoms with Crippen molar-refractivity contribution in [1.82, 2.24) is 0 Å². The van der Waals surface area contributed by atoms with Crippen LogP contribution >= 0.6 is 0 Å². The molecule has 4 rings (SSSR count). The number of nitrogens with one attached hydrogen (secondary N) is 1. The van der Waals surface area contributed by atoms with Gasteiger partial charge in [0.15, 0.2) is 18.1 Å². The second-order valence-electron chi connectivity index (χ2n) is 5.33. The zero-order chi connectivity index (χ0) is 15.6. The molecule has 0 bridgehead atoms. The molecule has 2 aromatic carbocycles. The predicted octanol–water partition coefficient (Wildman–Crippen LogP) is 2.96. The zero-order valence-electron chi connectivity index (χ0n) is 12.4. The summed E-state index contributed by atoms with van der Waals surface area (Å²) < 4.78 is 16.4. The maximum atomic E-state index is 11.4. The lowest BCUT2D eigenvalue weighted by Crippen LogP contribution is -2.25. The SMILES string of the molecule is O=C1COc2ccc(/C=C/c3ccc4c(c3)OCCO4)cc2N1. The second kappa shape index (κ2) is 5.68. The number of fused-ring (bicyclic) bond motifs is 2. The summed E-state index contributed by atoms with van der Waals surface area (Å²) in [5.74, 6) is 2.11. The van der Waals surface area contributed by atoms with Gasteiger partial charge in [-0.1, -0.05) is 24.3 Å². The van der Waals surface area contributed by atoms with Gasteiger partial charge in [0, 0.05) is 0 Å². The van der Waals surface area contributed by atoms with Crippen LogP contribution in [0, 0.1) is 0 Å². The van der Waals surface area contributed by atoms with Crippen LogP contribution in [0.1, 0.15) is 11.1 Å². The van der Waals surface area contributed by atoms with E-state index in [0.29, 0.717) is 24.7 Å². The molecule has 0 spiro atoms. The largest absolute Gasteiger partial charge is 0.486 e. The van der Waals surface area contributed by atoms with Crippen LogP contribution in [-0.2, 0) is 4.79 Å². The molecule has 0 radical (unpaired) electrons. The average molecular weight is 309 g/mol. The van der Waals surface area contributed by atoms with Gasteiger partial charge < -0.3 is 19.5 Å². The molecule has 2 aromatic rings. The first-order chi connectivity index (χ1) is 11.3. The third-order valence-electron chi connectivity index (χ3n) is 3.67. The molecule has 0 saturated heterocycles. The number of carbonyl (C=O) groups is 1. The van der Waals surface area contributed by atoms with Gasteiger partial charge in [-0.05, 0) is 35.4 Å². The summed E-state index contributed by atoms with van der Waals surface area (Å²) in [6, 6.07) is 11.5. The van der Waals surface area contributed by atoms with E-state index in [4.69, 9.17) is 14.2 Å². The molecule has 0 saturated carbocycles. The van der Waals surface area contributed by atoms with Crippen LogP contribution in [0.4, 0.5) is 5.69 Å². The van der Waals surface area contributed by atoms with E-state index in [2.05, 4.69) is 5.32 Å². The Bertz CT molecular complexity index is 798. The van der Waals surface area contributed by atoms with Gasteiger partial charge in [-0.25, -0.2) is 0 Å². The fraction of sp³-hybridized carbons (Fsp3) is 0.167. The highest BCUT2D eigenvalue weighted by Crippen LogP contribution is 2.32. The Morgan fingerprint density at radius 1 is 0.826 bits per heavy atom. The number of rotatable bonds is 2. The monoisotopic (exact) mass is 309 g/mol. The standard InChI is InChI=1S/C18H15NO4/c20-18-11-23-15-5-3-12(9-14(15)19-18)1-2-13-4-6-16-17(10-13)22-8-7-21-16/h1-6,9-10H,7-8,11H2,(H,19,20)/b2-1+. The molecule has 5 heteroatoms. The van der Waals surface area contributed by atoms with Crippen LogP contribution in [0.15, 0.2) is 36.4 Å². The fourth-order valence-electron chi connectivity index (χ4n) is 2.56. The Labute approximate surface area is 133 Å². The molecule has 0 aliphatic carbocycles. The highest BCUT2D eigenvalue weighted by atomic mass is 16.6. The molecule has 1 amide bonds. The maximum Gasteiger partial charge on any atom is 0.262 e. The van der Waals surface area contributed by atoms with E-state index >= 15 is 0 Å². The highest BCUT2D eigenvalue weighted by molar-refractivity contribution is 5.95. The number of ether oxygens (including phenoxy) is 3. The summed E-state index contributed by atoms with van der Waals surface area (Å²) in [5.41, 5.74) is 2.70. The summed E-state index contributed by atoms with van der Waals surface area (Å²) in [5, 5.41) is 2.81. The molecule has 0 atom stereocenters. The summed E-state index contributed by atoms with van der Waals surface area (Å²) in [6.07, 6.45) is 3.97. The van der Waals surface area contributed by atoms with Gasteiger partial charge in [0.2, 0.25) is 0 Å². The molecule has 2 heterocycles. The second-order valence-corrected chi connectivity index (χ2v) is 5.33. The van der Waals surface area contributed by atoms with E-state index in [1.54, 1.807) is 0 Å². The van der Waals surface area contributed by atoms with E-state index in [1.165, 1.54) is 0 Å². The molecular formula is C18H15NO4. The topological polar surface area (TPSA) is 56.8 Å². The molecule has 1 N–H and O–H groups in total. The lowest BCUT2D eigenvalue weighted by molar-refractivity contribution is -0.118. The summed E-state index contributed by atoms with van der Waals surface area (Å²) in [4.78, 5) is 11.4. The number of anilines is 1. The van der Waals surface area contributed by atoms with Crippen molar-refractivity contribution in [2.75, 3.05) is 25.1 Å². The highest BCUT2D eigenvalue weighted by Gasteiger charge is 2.15. The van der Waals surface area contributed by atoms with Crippen molar-refractivity contribution in [3.8, 4) is 17.2 Å². The first-order valence-electron chi connectivity index (χ1n) is 7.42. The first kappa shape index (κ1) is 13.7. The smallest absolute Gasteiger partial charge is 0.262 e. The minimum Gasteiger partial charge on any atom is -0.486 e. The Morgan fingerprint density at radius 3 is 2.35 bits per heavy atom. The van der Waals surface area contributed by atoms with Crippen LogP contribution in [0.5, 0.6) is 17.2 Å². The summed E-state index contributed by atoms with van der Waals surface area (Å²) in [7, 11) is 0. The van der Waals surface area contributed by atoms with Crippen LogP contribution in [0.2, 0.25) is 0 Å². The van der Waals surface area contributed by atoms with Gasteiger partial charge in [0.25, 0.3) is 5.91 Å². The van der Waals surface area contributed by atoms with E-state index in [-0.39, 0.29) is 12.5 Å². The molecule has 2 aliphatic heterocycles. The van der Waals surface area contributed by atoms with E-state index in [1.807, 2.05) is 48.6 Å². The third-order valence-corrected chi connectivity index (χ3v) is 3.67. The number of benzene rings is 2. The van der Waals surface area contributed by atoms with Gasteiger partial charge in [0.1, 0.15) is 19.0 Å². The molecule has 0 unspecified atom stereocenters. The fourth-order valence-corrected chi connectivity index (χ4v) is 2.56. The lowest BCUT2D eigenvalue weighted by Gasteiger charge is -2.18. The Hall–Kier alpha value is -2.95. The number of amides is 1. The van der Waals surface area contributed by atoms with Crippen molar-refractivity contribution in [3.05, 3.63) is 47.5 Å². The maximum absolute atomic E-state index is 11.4. The van der Waals surface area contributed by atoms with Crippen LogP contribution < -0.4 is 19.5 Å². The molecule has 2 aliphatic rings. The van der Waals surface area contributed by atoms with Gasteiger partial charge in [-0.15, -0.1) is 0 Å². The zero-order valence-corrected chi connectivity index (χ0v) is 12.4. The Kier molecular flexibility index (Phi) is 3.38. The first-order valence-corrected chi connectivity index (χ1v) is 7.42. The van der Waals surface area contributed by atoms with Crippen LogP contribution in [-0.4, -0.2) is 25.7 Å². The molecular weight excluding hydrogens is 294 g/mol. The minimum absolute atomic E-state index is 0.0688. The van der Waals surface area contributed by atoms with Crippen molar-refractivity contribution in [3.63, 3.8) is 0 Å². The number of carbonyl (C=O) groups excluding carboxylic acids is 1. The van der Waals surface area contributed by atoms with Crippen molar-refractivity contribution in [2.45, 2.75) is 0 Å². The molecule has 0 aromatic heterocycles. The molecule has 0 fully saturated rings. The number of hydrogen-bond donors (Lipinski definition) is 1. The van der Waals surface area contributed by atoms with Gasteiger partial charge in [-0.2, -0.15) is 0 Å². The van der Waals surface area contributed by atoms with E-state index < -0.39 is 0 Å². The Morgan fingerprint density at radius 2 is 1.52 bits per heavy atom. The molecule has 23 heavy (non-hydrogen) atoms. The molecule has 116 valence electrons. The normalized spacial score (nSPS) is 15.7. The van der Waals surface area contributed by atoms with E-state index in [9.17, 15) is 4.79 Å². The van der Waals surface area contributed by atoms with Crippen molar-refractivity contribution in [2.24, 2.45) is 0 Å². The Balaban J connectivity index is 1.57. The van der Waals surface area contributed by atoms with Gasteiger partial charge in [-0.3, -0.25) is 4.79 Å². The molecule has 5 nitrogen and oxygen atoms in total. The summed E-state index contributed by atoms with van der Waals surface area (Å²) in [6.45, 7) is 1.23. The average Bonchev–Trinajstić information content (AvgIpc) is 2.59. The third kappa shape index (κ3) is 2.85. The van der Waals surface area contributed by atoms with Gasteiger partial charge >= 0.3 is 0 Å². The van der Waals surface area contributed by atoms with E-state index in [0.717, 1.165) is 22.6 Å². The lowest BCUT2D eigenvalue weighted by atomic mass is 10.1. The predicted molar refractivity (Wildman–Crippen MR) is 86.9 cm³/mol. The quantitative estimate of drug-likeness (QED) is 0.867. The van der Waals surface area contributed by atoms with Crippen molar-refractivity contribution in [1.29, 1.82) is 0 Å². The van der Waals surface area contributed by atoms with Gasteiger partial charge in [0.05, 0.1) is 5.69 Å².